The standard InChI is InChI=1S/C5H13NOP/c1-8(7)4-2-6-3-5-8/h6-7H,2-5H2,1H3/q+1. The molecule has 2 N–H and O–H groups in total. The average molecular weight is 134 g/mol. The van der Waals surface area contributed by atoms with Gasteiger partial charge in [-0.2, -0.15) is 0 Å². The zero-order chi connectivity index (χ0) is 6.04. The van der Waals surface area contributed by atoms with E-state index in [9.17, 15) is 4.89 Å². The van der Waals surface area contributed by atoms with Gasteiger partial charge in [-0.05, 0) is 0 Å². The Morgan fingerprint density at radius 1 is 1.38 bits per heavy atom. The number of hydrogen-bond donors (Lipinski definition) is 2. The summed E-state index contributed by atoms with van der Waals surface area (Å²) in [5, 5.41) is 3.21. The first-order valence-electron chi connectivity index (χ1n) is 2.99. The molecule has 0 aromatic heterocycles. The van der Waals surface area contributed by atoms with Crippen molar-refractivity contribution in [2.45, 2.75) is 0 Å². The lowest BCUT2D eigenvalue weighted by atomic mass is 10.6. The van der Waals surface area contributed by atoms with Crippen molar-refractivity contribution in [3.05, 3.63) is 0 Å². The second kappa shape index (κ2) is 2.30. The van der Waals surface area contributed by atoms with Gasteiger partial charge in [0.05, 0.1) is 19.0 Å². The summed E-state index contributed by atoms with van der Waals surface area (Å²) in [6, 6.07) is 0. The van der Waals surface area contributed by atoms with Crippen LogP contribution in [0.3, 0.4) is 0 Å². The van der Waals surface area contributed by atoms with Crippen LogP contribution in [0.4, 0.5) is 0 Å². The van der Waals surface area contributed by atoms with Gasteiger partial charge in [0.15, 0.2) is 0 Å². The Bertz CT molecular complexity index is 76.5. The zero-order valence-electron chi connectivity index (χ0n) is 5.22. The first-order valence-corrected chi connectivity index (χ1v) is 5.55. The van der Waals surface area contributed by atoms with Gasteiger partial charge in [-0.15, -0.1) is 0 Å². The van der Waals surface area contributed by atoms with Crippen LogP contribution < -0.4 is 5.32 Å². The molecule has 1 fully saturated rings. The number of hydrogen-bond acceptors (Lipinski definition) is 2. The fourth-order valence-electron chi connectivity index (χ4n) is 0.877. The summed E-state index contributed by atoms with van der Waals surface area (Å²) in [5.41, 5.74) is 0. The van der Waals surface area contributed by atoms with E-state index in [1.807, 2.05) is 6.66 Å². The summed E-state index contributed by atoms with van der Waals surface area (Å²) in [7, 11) is -1.40. The SMILES string of the molecule is C[P+]1(O)CCNCC1. The van der Waals surface area contributed by atoms with Crippen LogP contribution in [0, 0.1) is 0 Å². The molecule has 0 amide bonds. The third kappa shape index (κ3) is 1.70. The smallest absolute Gasteiger partial charge is 0.141 e. The molecule has 2 nitrogen and oxygen atoms in total. The molecule has 8 heavy (non-hydrogen) atoms. The highest BCUT2D eigenvalue weighted by Crippen LogP contribution is 2.50. The lowest BCUT2D eigenvalue weighted by Crippen LogP contribution is -2.30. The molecule has 0 radical (unpaired) electrons. The highest BCUT2D eigenvalue weighted by Gasteiger charge is 2.30. The molecule has 0 atom stereocenters. The van der Waals surface area contributed by atoms with Gasteiger partial charge in [-0.25, -0.2) is 0 Å². The van der Waals surface area contributed by atoms with Crippen molar-refractivity contribution < 1.29 is 4.89 Å². The van der Waals surface area contributed by atoms with Gasteiger partial charge >= 0.3 is 0 Å². The van der Waals surface area contributed by atoms with Gasteiger partial charge in [0.1, 0.15) is 7.49 Å². The average Bonchev–Trinajstić information content (AvgIpc) is 1.65. The topological polar surface area (TPSA) is 32.3 Å². The largest absolute Gasteiger partial charge is 0.309 e. The molecule has 0 bridgehead atoms. The minimum absolute atomic E-state index is 1.01. The van der Waals surface area contributed by atoms with E-state index >= 15 is 0 Å². The van der Waals surface area contributed by atoms with E-state index in [0.717, 1.165) is 25.4 Å². The van der Waals surface area contributed by atoms with Crippen molar-refractivity contribution in [3.8, 4) is 0 Å². The minimum atomic E-state index is -1.40. The van der Waals surface area contributed by atoms with E-state index < -0.39 is 7.49 Å². The van der Waals surface area contributed by atoms with Crippen molar-refractivity contribution >= 4 is 7.49 Å². The van der Waals surface area contributed by atoms with E-state index in [2.05, 4.69) is 5.32 Å². The van der Waals surface area contributed by atoms with Crippen molar-refractivity contribution in [3.63, 3.8) is 0 Å². The van der Waals surface area contributed by atoms with E-state index in [0.29, 0.717) is 0 Å². The maximum atomic E-state index is 9.45. The van der Waals surface area contributed by atoms with Crippen molar-refractivity contribution in [1.82, 2.24) is 5.32 Å². The Balaban J connectivity index is 2.33. The summed E-state index contributed by atoms with van der Waals surface area (Å²) < 4.78 is 0. The van der Waals surface area contributed by atoms with Gasteiger partial charge in [0, 0.05) is 13.1 Å². The molecule has 1 saturated heterocycles. The lowest BCUT2D eigenvalue weighted by Gasteiger charge is -2.20. The van der Waals surface area contributed by atoms with Crippen LogP contribution in [0.15, 0.2) is 0 Å². The van der Waals surface area contributed by atoms with Crippen LogP contribution >= 0.6 is 7.49 Å². The summed E-state index contributed by atoms with van der Waals surface area (Å²) in [6.45, 7) is 4.04. The monoisotopic (exact) mass is 134 g/mol. The zero-order valence-corrected chi connectivity index (χ0v) is 6.12. The van der Waals surface area contributed by atoms with E-state index in [1.165, 1.54) is 0 Å². The predicted octanol–water partition coefficient (Wildman–Crippen LogP) is 0.144. The van der Waals surface area contributed by atoms with E-state index in [-0.39, 0.29) is 0 Å². The van der Waals surface area contributed by atoms with Crippen LogP contribution in [-0.2, 0) is 0 Å². The van der Waals surface area contributed by atoms with Crippen molar-refractivity contribution in [1.29, 1.82) is 0 Å². The summed E-state index contributed by atoms with van der Waals surface area (Å²) in [5.74, 6) is 0. The Kier molecular flexibility index (Phi) is 1.86. The molecule has 1 rings (SSSR count). The Morgan fingerprint density at radius 2 is 1.88 bits per heavy atom. The van der Waals surface area contributed by atoms with E-state index in [1.54, 1.807) is 0 Å². The van der Waals surface area contributed by atoms with Gasteiger partial charge in [-0.3, -0.25) is 4.89 Å². The first-order chi connectivity index (χ1) is 3.71. The fourth-order valence-corrected chi connectivity index (χ4v) is 2.38. The van der Waals surface area contributed by atoms with Crippen molar-refractivity contribution in [2.75, 3.05) is 32.1 Å². The maximum absolute atomic E-state index is 9.45. The van der Waals surface area contributed by atoms with Gasteiger partial charge in [-0.1, -0.05) is 0 Å². The Labute approximate surface area is 50.7 Å². The summed E-state index contributed by atoms with van der Waals surface area (Å²) >= 11 is 0. The number of nitrogens with one attached hydrogen (secondary N) is 1. The van der Waals surface area contributed by atoms with Crippen LogP contribution in [0.1, 0.15) is 0 Å². The molecule has 0 aromatic rings. The molecule has 0 saturated carbocycles. The molecular formula is C5H13NOP+. The minimum Gasteiger partial charge on any atom is -0.309 e. The second-order valence-corrected chi connectivity index (χ2v) is 6.11. The van der Waals surface area contributed by atoms with E-state index in [4.69, 9.17) is 0 Å². The molecule has 1 heterocycles. The third-order valence-electron chi connectivity index (χ3n) is 1.54. The molecule has 1 aliphatic heterocycles. The van der Waals surface area contributed by atoms with Crippen LogP contribution in [0.5, 0.6) is 0 Å². The van der Waals surface area contributed by atoms with Crippen LogP contribution in [0.25, 0.3) is 0 Å². The third-order valence-corrected chi connectivity index (χ3v) is 3.91. The lowest BCUT2D eigenvalue weighted by molar-refractivity contribution is 0.578. The quantitative estimate of drug-likeness (QED) is 0.462. The van der Waals surface area contributed by atoms with Crippen LogP contribution in [0.2, 0.25) is 0 Å². The van der Waals surface area contributed by atoms with Crippen LogP contribution in [-0.4, -0.2) is 37.0 Å². The summed E-state index contributed by atoms with van der Waals surface area (Å²) in [4.78, 5) is 9.45. The molecular weight excluding hydrogens is 121 g/mol. The predicted molar refractivity (Wildman–Crippen MR) is 37.7 cm³/mol. The molecule has 1 aliphatic rings. The molecule has 0 aromatic carbocycles. The highest BCUT2D eigenvalue weighted by atomic mass is 31.2. The number of rotatable bonds is 0. The highest BCUT2D eigenvalue weighted by molar-refractivity contribution is 7.69. The Hall–Kier alpha value is 0.350. The summed E-state index contributed by atoms with van der Waals surface area (Å²) in [6.07, 6.45) is 2.01. The normalized spacial score (nSPS) is 27.8. The van der Waals surface area contributed by atoms with Gasteiger partial charge in [0.25, 0.3) is 0 Å². The first kappa shape index (κ1) is 6.47. The Morgan fingerprint density at radius 3 is 2.12 bits per heavy atom. The van der Waals surface area contributed by atoms with Gasteiger partial charge < -0.3 is 5.32 Å². The molecule has 48 valence electrons. The molecule has 3 heteroatoms. The molecule has 0 aliphatic carbocycles. The molecule has 0 unspecified atom stereocenters. The molecule has 0 spiro atoms. The maximum Gasteiger partial charge on any atom is 0.141 e. The van der Waals surface area contributed by atoms with Gasteiger partial charge in [0.2, 0.25) is 0 Å². The fraction of sp³-hybridized carbons (Fsp3) is 1.00. The second-order valence-electron chi connectivity index (χ2n) is 2.54. The van der Waals surface area contributed by atoms with Crippen molar-refractivity contribution in [2.24, 2.45) is 0 Å².